The molecule has 0 saturated carbocycles. The second-order valence-corrected chi connectivity index (χ2v) is 10.9. The van der Waals surface area contributed by atoms with E-state index in [0.29, 0.717) is 18.5 Å². The molecule has 4 aromatic rings. The molecule has 5 rings (SSSR count). The van der Waals surface area contributed by atoms with E-state index < -0.39 is 0 Å². The first-order valence-corrected chi connectivity index (χ1v) is 13.2. The number of hydrogen-bond donors (Lipinski definition) is 2. The second kappa shape index (κ2) is 9.78. The quantitative estimate of drug-likeness (QED) is 0.390. The van der Waals surface area contributed by atoms with Crippen molar-refractivity contribution in [3.8, 4) is 11.3 Å². The average molecular weight is 503 g/mol. The minimum absolute atomic E-state index is 0.175. The molecule has 0 aromatic carbocycles. The predicted octanol–water partition coefficient (Wildman–Crippen LogP) is 4.37. The van der Waals surface area contributed by atoms with Gasteiger partial charge in [-0.2, -0.15) is 5.10 Å². The minimum Gasteiger partial charge on any atom is -0.366 e. The maximum absolute atomic E-state index is 12.0. The number of carbonyl (C=O) groups excluding carboxylic acids is 1. The number of pyridine rings is 2. The molecule has 1 saturated heterocycles. The normalized spacial score (nSPS) is 18.4. The van der Waals surface area contributed by atoms with Gasteiger partial charge in [0.15, 0.2) is 5.65 Å². The van der Waals surface area contributed by atoms with E-state index >= 15 is 0 Å². The molecule has 37 heavy (non-hydrogen) atoms. The van der Waals surface area contributed by atoms with Crippen LogP contribution >= 0.6 is 0 Å². The molecule has 1 amide bonds. The van der Waals surface area contributed by atoms with Crippen LogP contribution in [0.25, 0.3) is 27.9 Å². The van der Waals surface area contributed by atoms with Crippen LogP contribution in [0.4, 0.5) is 5.82 Å². The van der Waals surface area contributed by atoms with Gasteiger partial charge < -0.3 is 15.2 Å². The van der Waals surface area contributed by atoms with E-state index in [4.69, 9.17) is 4.98 Å². The average Bonchev–Trinajstić information content (AvgIpc) is 3.56. The van der Waals surface area contributed by atoms with Crippen molar-refractivity contribution in [1.82, 2.24) is 34.4 Å². The van der Waals surface area contributed by atoms with Crippen LogP contribution in [0.2, 0.25) is 0 Å². The number of anilines is 1. The Hall–Kier alpha value is -3.46. The molecule has 0 spiro atoms. The number of likely N-dealkylation sites (tertiary alicyclic amines) is 1. The molecule has 1 aliphatic rings. The van der Waals surface area contributed by atoms with Crippen molar-refractivity contribution in [3.05, 3.63) is 41.3 Å². The van der Waals surface area contributed by atoms with Gasteiger partial charge in [-0.25, -0.2) is 14.5 Å². The SMILES string of the molecule is Cc1c(-c2[nH]c3ccc(N[C@@H]4C[C@H](C)N(CCC(=O)N(C)C)C4)nc3c2C(C)C)cn2ncnc2c1C. The molecule has 4 aromatic heterocycles. The van der Waals surface area contributed by atoms with Crippen LogP contribution < -0.4 is 5.32 Å². The van der Waals surface area contributed by atoms with E-state index in [1.165, 1.54) is 11.1 Å². The van der Waals surface area contributed by atoms with E-state index in [1.807, 2.05) is 18.6 Å². The fourth-order valence-electron chi connectivity index (χ4n) is 5.58. The summed E-state index contributed by atoms with van der Waals surface area (Å²) in [7, 11) is 3.63. The minimum atomic E-state index is 0.175. The maximum atomic E-state index is 12.0. The summed E-state index contributed by atoms with van der Waals surface area (Å²) in [6, 6.07) is 4.92. The first-order chi connectivity index (χ1) is 17.6. The lowest BCUT2D eigenvalue weighted by Gasteiger charge is -2.21. The standard InChI is InChI=1S/C28H38N8O/c1-16(2)25-26(21-14-36-28(29-15-30-36)19(5)18(21)4)32-22-8-9-23(33-27(22)25)31-20-12-17(3)35(13-20)11-10-24(37)34(6)7/h8-9,14-17,20,32H,10-13H2,1-7H3,(H,31,33)/t17-,20+/m0/s1. The molecule has 1 fully saturated rings. The first kappa shape index (κ1) is 25.2. The topological polar surface area (TPSA) is 94.5 Å². The number of rotatable bonds is 7. The zero-order valence-electron chi connectivity index (χ0n) is 23.0. The highest BCUT2D eigenvalue weighted by atomic mass is 16.2. The van der Waals surface area contributed by atoms with Crippen LogP contribution in [-0.4, -0.2) is 79.5 Å². The predicted molar refractivity (Wildman–Crippen MR) is 148 cm³/mol. The van der Waals surface area contributed by atoms with Crippen LogP contribution in [0.15, 0.2) is 24.7 Å². The van der Waals surface area contributed by atoms with Crippen molar-refractivity contribution >= 4 is 28.4 Å². The third-order valence-corrected chi connectivity index (χ3v) is 7.82. The summed E-state index contributed by atoms with van der Waals surface area (Å²) in [4.78, 5) is 29.3. The molecule has 9 heteroatoms. The van der Waals surface area contributed by atoms with Crippen molar-refractivity contribution in [2.24, 2.45) is 0 Å². The summed E-state index contributed by atoms with van der Waals surface area (Å²) < 4.78 is 1.85. The summed E-state index contributed by atoms with van der Waals surface area (Å²) in [5.74, 6) is 1.35. The van der Waals surface area contributed by atoms with Crippen LogP contribution in [0.3, 0.4) is 0 Å². The lowest BCUT2D eigenvalue weighted by Crippen LogP contribution is -2.33. The molecule has 0 aliphatic carbocycles. The maximum Gasteiger partial charge on any atom is 0.223 e. The zero-order chi connectivity index (χ0) is 26.4. The number of nitrogens with one attached hydrogen (secondary N) is 2. The molecule has 2 atom stereocenters. The molecule has 0 radical (unpaired) electrons. The van der Waals surface area contributed by atoms with Crippen molar-refractivity contribution in [1.29, 1.82) is 0 Å². The Morgan fingerprint density at radius 1 is 1.24 bits per heavy atom. The van der Waals surface area contributed by atoms with Crippen molar-refractivity contribution < 1.29 is 4.79 Å². The van der Waals surface area contributed by atoms with Gasteiger partial charge in [0.05, 0.1) is 16.7 Å². The molecular formula is C28H38N8O. The molecule has 9 nitrogen and oxygen atoms in total. The summed E-state index contributed by atoms with van der Waals surface area (Å²) in [5.41, 5.74) is 8.68. The van der Waals surface area contributed by atoms with Crippen LogP contribution in [0.5, 0.6) is 0 Å². The number of H-pyrrole nitrogens is 1. The molecule has 5 heterocycles. The smallest absolute Gasteiger partial charge is 0.223 e. The van der Waals surface area contributed by atoms with Gasteiger partial charge in [-0.3, -0.25) is 9.69 Å². The van der Waals surface area contributed by atoms with Crippen molar-refractivity contribution in [2.75, 3.05) is 32.5 Å². The number of aromatic nitrogens is 5. The molecule has 0 bridgehead atoms. The highest BCUT2D eigenvalue weighted by Crippen LogP contribution is 2.37. The van der Waals surface area contributed by atoms with E-state index in [0.717, 1.165) is 58.8 Å². The van der Waals surface area contributed by atoms with Gasteiger partial charge >= 0.3 is 0 Å². The second-order valence-electron chi connectivity index (χ2n) is 10.9. The van der Waals surface area contributed by atoms with Gasteiger partial charge in [0.1, 0.15) is 12.1 Å². The third-order valence-electron chi connectivity index (χ3n) is 7.82. The van der Waals surface area contributed by atoms with E-state index in [-0.39, 0.29) is 11.8 Å². The number of nitrogens with zero attached hydrogens (tertiary/aromatic N) is 6. The van der Waals surface area contributed by atoms with Gasteiger partial charge in [-0.1, -0.05) is 13.8 Å². The van der Waals surface area contributed by atoms with Crippen molar-refractivity contribution in [3.63, 3.8) is 0 Å². The van der Waals surface area contributed by atoms with Crippen LogP contribution in [0.1, 0.15) is 56.2 Å². The summed E-state index contributed by atoms with van der Waals surface area (Å²) in [6.07, 6.45) is 5.25. The lowest BCUT2D eigenvalue weighted by atomic mass is 9.95. The summed E-state index contributed by atoms with van der Waals surface area (Å²) >= 11 is 0. The third kappa shape index (κ3) is 4.68. The fourth-order valence-corrected chi connectivity index (χ4v) is 5.58. The highest BCUT2D eigenvalue weighted by Gasteiger charge is 2.29. The Morgan fingerprint density at radius 3 is 2.76 bits per heavy atom. The number of aryl methyl sites for hydroxylation is 1. The zero-order valence-corrected chi connectivity index (χ0v) is 23.0. The highest BCUT2D eigenvalue weighted by molar-refractivity contribution is 5.90. The Bertz CT molecular complexity index is 1450. The van der Waals surface area contributed by atoms with Crippen molar-refractivity contribution in [2.45, 2.75) is 65.5 Å². The Labute approximate surface area is 218 Å². The van der Waals surface area contributed by atoms with Gasteiger partial charge in [0.25, 0.3) is 0 Å². The fraction of sp³-hybridized carbons (Fsp3) is 0.500. The van der Waals surface area contributed by atoms with E-state index in [9.17, 15) is 4.79 Å². The number of fused-ring (bicyclic) bond motifs is 2. The van der Waals surface area contributed by atoms with Gasteiger partial charge in [0, 0.05) is 63.0 Å². The molecule has 0 unspecified atom stereocenters. The largest absolute Gasteiger partial charge is 0.366 e. The number of carbonyl (C=O) groups is 1. The van der Waals surface area contributed by atoms with Gasteiger partial charge in [-0.05, 0) is 56.4 Å². The summed E-state index contributed by atoms with van der Waals surface area (Å²) in [6.45, 7) is 12.6. The Balaban J connectivity index is 1.43. The van der Waals surface area contributed by atoms with Gasteiger partial charge in [-0.15, -0.1) is 0 Å². The van der Waals surface area contributed by atoms with Crippen LogP contribution in [-0.2, 0) is 4.79 Å². The van der Waals surface area contributed by atoms with Crippen LogP contribution in [0, 0.1) is 13.8 Å². The number of hydrogen-bond acceptors (Lipinski definition) is 6. The monoisotopic (exact) mass is 502 g/mol. The molecule has 1 aliphatic heterocycles. The number of amides is 1. The molecular weight excluding hydrogens is 464 g/mol. The molecule has 196 valence electrons. The van der Waals surface area contributed by atoms with E-state index in [2.05, 4.69) is 78.2 Å². The lowest BCUT2D eigenvalue weighted by molar-refractivity contribution is -0.129. The summed E-state index contributed by atoms with van der Waals surface area (Å²) in [5, 5.41) is 8.07. The van der Waals surface area contributed by atoms with E-state index in [1.54, 1.807) is 11.2 Å². The van der Waals surface area contributed by atoms with Gasteiger partial charge in [0.2, 0.25) is 5.91 Å². The first-order valence-electron chi connectivity index (χ1n) is 13.2. The Morgan fingerprint density at radius 2 is 2.03 bits per heavy atom. The number of aromatic amines is 1. The Kier molecular flexibility index (Phi) is 6.66. The molecule has 2 N–H and O–H groups in total.